The highest BCUT2D eigenvalue weighted by atomic mass is 35.5. The molecule has 1 aliphatic rings. The molecule has 176 valence electrons. The van der Waals surface area contributed by atoms with E-state index in [1.165, 1.54) is 19.1 Å². The van der Waals surface area contributed by atoms with Crippen LogP contribution in [0.3, 0.4) is 0 Å². The van der Waals surface area contributed by atoms with E-state index in [9.17, 15) is 29.8 Å². The summed E-state index contributed by atoms with van der Waals surface area (Å²) in [5, 5.41) is 29.7. The average molecular weight is 500 g/mol. The topological polar surface area (TPSA) is 153 Å². The van der Waals surface area contributed by atoms with E-state index in [0.29, 0.717) is 43.0 Å². The summed E-state index contributed by atoms with van der Waals surface area (Å²) in [5.41, 5.74) is 0.770. The van der Waals surface area contributed by atoms with Crippen LogP contribution in [0, 0.1) is 34.1 Å². The van der Waals surface area contributed by atoms with Crippen molar-refractivity contribution in [2.45, 2.75) is 13.8 Å². The van der Waals surface area contributed by atoms with E-state index in [-0.39, 0.29) is 32.9 Å². The number of nitro groups is 2. The van der Waals surface area contributed by atoms with Gasteiger partial charge in [0, 0.05) is 30.8 Å². The zero-order valence-electron chi connectivity index (χ0n) is 17.5. The summed E-state index contributed by atoms with van der Waals surface area (Å²) in [6, 6.07) is 4.92. The monoisotopic (exact) mass is 499 g/mol. The van der Waals surface area contributed by atoms with Crippen LogP contribution in [-0.4, -0.2) is 58.0 Å². The summed E-state index contributed by atoms with van der Waals surface area (Å²) >= 11 is 11.4. The van der Waals surface area contributed by atoms with E-state index in [1.54, 1.807) is 11.8 Å². The highest BCUT2D eigenvalue weighted by Gasteiger charge is 2.23. The van der Waals surface area contributed by atoms with E-state index < -0.39 is 15.8 Å². The SMILES string of the molecule is Cc1cc([N+](=O)[O-])c(Cl)cc1C(=O)N1CCOCC1.Cc1cc([N+](=O)[O-])c(Cl)cc1C(=O)O. The number of aromatic carboxylic acids is 1. The van der Waals surface area contributed by atoms with Gasteiger partial charge in [-0.3, -0.25) is 25.0 Å². The maximum Gasteiger partial charge on any atom is 0.336 e. The summed E-state index contributed by atoms with van der Waals surface area (Å²) < 4.78 is 5.18. The molecule has 0 bridgehead atoms. The summed E-state index contributed by atoms with van der Waals surface area (Å²) in [5.74, 6) is -1.32. The van der Waals surface area contributed by atoms with Crippen LogP contribution >= 0.6 is 23.2 Å². The van der Waals surface area contributed by atoms with Crippen molar-refractivity contribution in [3.63, 3.8) is 0 Å². The number of nitrogens with zero attached hydrogens (tertiary/aromatic N) is 3. The van der Waals surface area contributed by atoms with Gasteiger partial charge in [-0.15, -0.1) is 0 Å². The molecule has 33 heavy (non-hydrogen) atoms. The Labute approximate surface area is 197 Å². The molecular formula is C20H19Cl2N3O8. The van der Waals surface area contributed by atoms with Gasteiger partial charge in [0.25, 0.3) is 17.3 Å². The van der Waals surface area contributed by atoms with Crippen LogP contribution in [0.1, 0.15) is 31.8 Å². The van der Waals surface area contributed by atoms with Gasteiger partial charge in [-0.2, -0.15) is 0 Å². The van der Waals surface area contributed by atoms with E-state index in [1.807, 2.05) is 0 Å². The first-order valence-electron chi connectivity index (χ1n) is 9.43. The van der Waals surface area contributed by atoms with Crippen LogP contribution in [-0.2, 0) is 4.74 Å². The molecule has 0 atom stereocenters. The molecule has 2 aromatic carbocycles. The van der Waals surface area contributed by atoms with Gasteiger partial charge in [-0.05, 0) is 37.1 Å². The number of nitro benzene ring substituents is 2. The fourth-order valence-electron chi connectivity index (χ4n) is 3.01. The Morgan fingerprint density at radius 1 is 0.909 bits per heavy atom. The lowest BCUT2D eigenvalue weighted by atomic mass is 10.1. The second-order valence-electron chi connectivity index (χ2n) is 6.96. The van der Waals surface area contributed by atoms with Crippen molar-refractivity contribution in [2.24, 2.45) is 0 Å². The molecule has 1 fully saturated rings. The largest absolute Gasteiger partial charge is 0.478 e. The first-order chi connectivity index (χ1) is 15.4. The van der Waals surface area contributed by atoms with Crippen molar-refractivity contribution in [3.8, 4) is 0 Å². The number of rotatable bonds is 4. The van der Waals surface area contributed by atoms with Crippen molar-refractivity contribution in [3.05, 3.63) is 76.8 Å². The third kappa shape index (κ3) is 6.37. The van der Waals surface area contributed by atoms with Crippen molar-refractivity contribution >= 4 is 46.5 Å². The minimum atomic E-state index is -1.15. The molecule has 1 N–H and O–H groups in total. The van der Waals surface area contributed by atoms with Gasteiger partial charge in [-0.1, -0.05) is 23.2 Å². The van der Waals surface area contributed by atoms with Crippen molar-refractivity contribution < 1.29 is 29.3 Å². The molecule has 0 radical (unpaired) electrons. The number of halogens is 2. The van der Waals surface area contributed by atoms with Gasteiger partial charge >= 0.3 is 5.97 Å². The van der Waals surface area contributed by atoms with Crippen LogP contribution in [0.5, 0.6) is 0 Å². The smallest absolute Gasteiger partial charge is 0.336 e. The molecule has 0 aliphatic carbocycles. The van der Waals surface area contributed by atoms with Crippen LogP contribution in [0.25, 0.3) is 0 Å². The van der Waals surface area contributed by atoms with Crippen molar-refractivity contribution in [1.82, 2.24) is 4.90 Å². The maximum absolute atomic E-state index is 12.3. The van der Waals surface area contributed by atoms with E-state index in [0.717, 1.165) is 12.1 Å². The molecule has 0 aromatic heterocycles. The third-order valence-electron chi connectivity index (χ3n) is 4.74. The number of carbonyl (C=O) groups excluding carboxylic acids is 1. The number of aryl methyl sites for hydroxylation is 2. The molecule has 1 amide bonds. The molecule has 13 heteroatoms. The van der Waals surface area contributed by atoms with Gasteiger partial charge in [0.05, 0.1) is 28.6 Å². The lowest BCUT2D eigenvalue weighted by Crippen LogP contribution is -2.40. The predicted octanol–water partition coefficient (Wildman–Crippen LogP) is 4.28. The minimum absolute atomic E-state index is 0.0211. The number of carbonyl (C=O) groups is 2. The number of morpholine rings is 1. The quantitative estimate of drug-likeness (QED) is 0.482. The number of ether oxygens (including phenoxy) is 1. The number of hydrogen-bond acceptors (Lipinski definition) is 7. The summed E-state index contributed by atoms with van der Waals surface area (Å²) in [7, 11) is 0. The van der Waals surface area contributed by atoms with Gasteiger partial charge in [-0.25, -0.2) is 4.79 Å². The van der Waals surface area contributed by atoms with Gasteiger partial charge in [0.2, 0.25) is 0 Å². The molecular weight excluding hydrogens is 481 g/mol. The van der Waals surface area contributed by atoms with Gasteiger partial charge < -0.3 is 14.7 Å². The zero-order chi connectivity index (χ0) is 24.9. The molecule has 1 aliphatic heterocycles. The Morgan fingerprint density at radius 3 is 1.76 bits per heavy atom. The molecule has 0 unspecified atom stereocenters. The Bertz CT molecular complexity index is 1080. The molecule has 2 aromatic rings. The van der Waals surface area contributed by atoms with Crippen LogP contribution in [0.4, 0.5) is 11.4 Å². The summed E-state index contributed by atoms with van der Waals surface area (Å²) in [6.07, 6.45) is 0. The van der Waals surface area contributed by atoms with Crippen molar-refractivity contribution in [1.29, 1.82) is 0 Å². The standard InChI is InChI=1S/C12H13ClN2O4.C8H6ClNO4/c1-8-6-11(15(17)18)10(13)7-9(8)12(16)14-2-4-19-5-3-14;1-4-2-7(10(13)14)6(9)3-5(4)8(11)12/h6-7H,2-5H2,1H3;2-3H,1H3,(H,11,12). The van der Waals surface area contributed by atoms with E-state index in [4.69, 9.17) is 33.0 Å². The molecule has 3 rings (SSSR count). The second kappa shape index (κ2) is 11.0. The number of benzene rings is 2. The van der Waals surface area contributed by atoms with E-state index in [2.05, 4.69) is 0 Å². The van der Waals surface area contributed by atoms with Crippen LogP contribution in [0.15, 0.2) is 24.3 Å². The summed E-state index contributed by atoms with van der Waals surface area (Å²) in [6.45, 7) is 5.19. The number of carboxylic acid groups (broad SMARTS) is 1. The fraction of sp³-hybridized carbons (Fsp3) is 0.300. The first kappa shape index (κ1) is 26.0. The molecule has 0 saturated carbocycles. The molecule has 1 heterocycles. The van der Waals surface area contributed by atoms with Crippen LogP contribution < -0.4 is 0 Å². The Morgan fingerprint density at radius 2 is 1.33 bits per heavy atom. The Kier molecular flexibility index (Phi) is 8.69. The normalized spacial score (nSPS) is 13.0. The number of carboxylic acids is 1. The Hall–Kier alpha value is -3.28. The lowest BCUT2D eigenvalue weighted by Gasteiger charge is -2.27. The van der Waals surface area contributed by atoms with Crippen LogP contribution in [0.2, 0.25) is 10.0 Å². The Balaban J connectivity index is 0.000000245. The fourth-order valence-corrected chi connectivity index (χ4v) is 3.48. The predicted molar refractivity (Wildman–Crippen MR) is 119 cm³/mol. The van der Waals surface area contributed by atoms with Crippen molar-refractivity contribution in [2.75, 3.05) is 26.3 Å². The number of hydrogen-bond donors (Lipinski definition) is 1. The van der Waals surface area contributed by atoms with Gasteiger partial charge in [0.1, 0.15) is 10.0 Å². The highest BCUT2D eigenvalue weighted by molar-refractivity contribution is 6.33. The maximum atomic E-state index is 12.3. The highest BCUT2D eigenvalue weighted by Crippen LogP contribution is 2.29. The third-order valence-corrected chi connectivity index (χ3v) is 5.35. The second-order valence-corrected chi connectivity index (χ2v) is 7.78. The minimum Gasteiger partial charge on any atom is -0.478 e. The van der Waals surface area contributed by atoms with E-state index >= 15 is 0 Å². The molecule has 11 nitrogen and oxygen atoms in total. The summed E-state index contributed by atoms with van der Waals surface area (Å²) in [4.78, 5) is 44.6. The average Bonchev–Trinajstić information content (AvgIpc) is 2.76. The first-order valence-corrected chi connectivity index (χ1v) is 10.2. The zero-order valence-corrected chi connectivity index (χ0v) is 19.1. The number of amides is 1. The molecule has 0 spiro atoms. The molecule has 1 saturated heterocycles. The van der Waals surface area contributed by atoms with Gasteiger partial charge in [0.15, 0.2) is 0 Å². The lowest BCUT2D eigenvalue weighted by molar-refractivity contribution is -0.384.